The maximum Gasteiger partial charge on any atom is 0.285 e. The summed E-state index contributed by atoms with van der Waals surface area (Å²) in [5.41, 5.74) is 2.08. The molecule has 1 aliphatic carbocycles. The third-order valence-corrected chi connectivity index (χ3v) is 10.4. The fourth-order valence-corrected chi connectivity index (χ4v) is 9.30. The summed E-state index contributed by atoms with van der Waals surface area (Å²) in [6.07, 6.45) is 4.66. The van der Waals surface area contributed by atoms with Crippen molar-refractivity contribution in [2.24, 2.45) is 0 Å². The van der Waals surface area contributed by atoms with E-state index in [1.165, 1.54) is 25.0 Å². The van der Waals surface area contributed by atoms with Gasteiger partial charge in [0.25, 0.3) is 7.59 Å². The molecule has 0 radical (unpaired) electrons. The Morgan fingerprint density at radius 1 is 1.12 bits per heavy atom. The minimum atomic E-state index is -3.14. The van der Waals surface area contributed by atoms with E-state index in [2.05, 4.69) is 42.1 Å². The van der Waals surface area contributed by atoms with Crippen molar-refractivity contribution in [3.8, 4) is 0 Å². The van der Waals surface area contributed by atoms with Crippen LogP contribution >= 0.6 is 7.59 Å². The molecule has 1 amide bonds. The van der Waals surface area contributed by atoms with Crippen molar-refractivity contribution in [3.05, 3.63) is 35.4 Å². The van der Waals surface area contributed by atoms with Crippen LogP contribution in [0.5, 0.6) is 0 Å². The largest absolute Gasteiger partial charge is 0.285 e. The minimum absolute atomic E-state index is 0.137. The van der Waals surface area contributed by atoms with Crippen molar-refractivity contribution < 1.29 is 14.2 Å². The van der Waals surface area contributed by atoms with E-state index in [0.29, 0.717) is 0 Å². The Hall–Kier alpha value is -1.24. The molecule has 1 aliphatic heterocycles. The second kappa shape index (κ2) is 10.4. The topological polar surface area (TPSA) is 65.1 Å². The molecule has 3 rings (SSSR count). The van der Waals surface area contributed by atoms with Gasteiger partial charge in [0.1, 0.15) is 0 Å². The normalized spacial score (nSPS) is 24.7. The number of hydroxylamine groups is 2. The van der Waals surface area contributed by atoms with E-state index < -0.39 is 7.59 Å². The van der Waals surface area contributed by atoms with Gasteiger partial charge in [-0.05, 0) is 58.6 Å². The van der Waals surface area contributed by atoms with Crippen LogP contribution in [0.2, 0.25) is 0 Å². The van der Waals surface area contributed by atoms with E-state index in [9.17, 15) is 4.79 Å². The van der Waals surface area contributed by atoms with Gasteiger partial charge in [-0.1, -0.05) is 37.1 Å². The highest BCUT2D eigenvalue weighted by atomic mass is 31.2. The molecule has 1 saturated heterocycles. The van der Waals surface area contributed by atoms with Crippen molar-refractivity contribution >= 4 is 13.5 Å². The first-order chi connectivity index (χ1) is 15.1. The van der Waals surface area contributed by atoms with Crippen molar-refractivity contribution in [1.82, 2.24) is 19.5 Å². The maximum atomic E-state index is 15.0. The minimum Gasteiger partial charge on any atom is -0.275 e. The van der Waals surface area contributed by atoms with E-state index in [4.69, 9.17) is 4.84 Å². The molecule has 0 unspecified atom stereocenters. The first-order valence-electron chi connectivity index (χ1n) is 11.9. The Morgan fingerprint density at radius 2 is 1.66 bits per heavy atom. The van der Waals surface area contributed by atoms with Crippen LogP contribution in [-0.2, 0) is 14.2 Å². The van der Waals surface area contributed by atoms with Gasteiger partial charge in [-0.25, -0.2) is 19.5 Å². The predicted octanol–water partition coefficient (Wildman–Crippen LogP) is 4.89. The standard InChI is InChI=1S/C24H41N4O3P/c1-17(2)27-22-14-10-11-15-23(22)28(18(3)4)32(27,30)25-21(16-24(29)26(6)31-7)20-13-9-8-12-19(20)5/h8-9,12-13,17-18,21-23H,10-11,14-16H2,1-7H3,(H,25,30)/t21-,22+,23+/m1/s1. The van der Waals surface area contributed by atoms with Gasteiger partial charge in [-0.2, -0.15) is 0 Å². The van der Waals surface area contributed by atoms with Crippen LogP contribution in [0, 0.1) is 6.92 Å². The number of hydrogen-bond donors (Lipinski definition) is 1. The first kappa shape index (κ1) is 25.4. The molecule has 2 fully saturated rings. The number of nitrogens with one attached hydrogen (secondary N) is 1. The summed E-state index contributed by atoms with van der Waals surface area (Å²) in [6.45, 7) is 10.6. The SMILES string of the molecule is CON(C)C(=O)C[C@@H](NP1(=O)N(C(C)C)[C@H]2CCCC[C@@H]2N1C(C)C)c1ccccc1C. The number of nitrogens with zero attached hydrogens (tertiary/aromatic N) is 3. The summed E-state index contributed by atoms with van der Waals surface area (Å²) in [5.74, 6) is -0.149. The third-order valence-electron chi connectivity index (χ3n) is 6.95. The second-order valence-electron chi connectivity index (χ2n) is 9.73. The van der Waals surface area contributed by atoms with Crippen LogP contribution in [-0.4, -0.2) is 58.6 Å². The second-order valence-corrected chi connectivity index (χ2v) is 12.0. The Labute approximate surface area is 194 Å². The highest BCUT2D eigenvalue weighted by molar-refractivity contribution is 7.57. The average molecular weight is 465 g/mol. The van der Waals surface area contributed by atoms with Gasteiger partial charge in [0.05, 0.1) is 7.11 Å². The zero-order chi connectivity index (χ0) is 23.6. The molecular formula is C24H41N4O3P. The van der Waals surface area contributed by atoms with E-state index in [-0.39, 0.29) is 42.5 Å². The van der Waals surface area contributed by atoms with Crippen molar-refractivity contribution in [2.75, 3.05) is 14.2 Å². The summed E-state index contributed by atoms with van der Waals surface area (Å²) >= 11 is 0. The van der Waals surface area contributed by atoms with Gasteiger partial charge in [-0.15, -0.1) is 0 Å². The summed E-state index contributed by atoms with van der Waals surface area (Å²) < 4.78 is 19.5. The fourth-order valence-electron chi connectivity index (χ4n) is 5.57. The lowest BCUT2D eigenvalue weighted by Crippen LogP contribution is -2.43. The van der Waals surface area contributed by atoms with Crippen LogP contribution in [0.4, 0.5) is 0 Å². The van der Waals surface area contributed by atoms with Crippen LogP contribution in [0.25, 0.3) is 0 Å². The molecule has 0 spiro atoms. The van der Waals surface area contributed by atoms with Gasteiger partial charge >= 0.3 is 0 Å². The molecule has 32 heavy (non-hydrogen) atoms. The Morgan fingerprint density at radius 3 is 2.12 bits per heavy atom. The average Bonchev–Trinajstić information content (AvgIpc) is 3.00. The Kier molecular flexibility index (Phi) is 8.21. The molecule has 1 aromatic rings. The van der Waals surface area contributed by atoms with E-state index in [1.807, 2.05) is 31.2 Å². The number of fused-ring (bicyclic) bond motifs is 1. The lowest BCUT2D eigenvalue weighted by Gasteiger charge is -2.39. The molecule has 8 heteroatoms. The number of aryl methyl sites for hydroxylation is 1. The molecule has 0 aromatic heterocycles. The first-order valence-corrected chi connectivity index (χ1v) is 13.5. The number of rotatable bonds is 8. The number of benzene rings is 1. The molecule has 1 saturated carbocycles. The quantitative estimate of drug-likeness (QED) is 0.437. The number of hydrogen-bond acceptors (Lipinski definition) is 3. The molecule has 180 valence electrons. The summed E-state index contributed by atoms with van der Waals surface area (Å²) in [4.78, 5) is 18.0. The molecule has 1 heterocycles. The van der Waals surface area contributed by atoms with E-state index in [0.717, 1.165) is 24.0 Å². The molecule has 0 bridgehead atoms. The van der Waals surface area contributed by atoms with E-state index in [1.54, 1.807) is 7.05 Å². The predicted molar refractivity (Wildman–Crippen MR) is 129 cm³/mol. The van der Waals surface area contributed by atoms with Gasteiger partial charge in [0, 0.05) is 43.7 Å². The zero-order valence-electron chi connectivity index (χ0n) is 20.7. The fraction of sp³-hybridized carbons (Fsp3) is 0.708. The highest BCUT2D eigenvalue weighted by Gasteiger charge is 2.57. The third kappa shape index (κ3) is 4.83. The van der Waals surface area contributed by atoms with Crippen LogP contribution < -0.4 is 5.09 Å². The maximum absolute atomic E-state index is 15.0. The van der Waals surface area contributed by atoms with Crippen molar-refractivity contribution in [1.29, 1.82) is 0 Å². The monoisotopic (exact) mass is 464 g/mol. The number of carbonyl (C=O) groups is 1. The molecular weight excluding hydrogens is 423 g/mol. The Balaban J connectivity index is 2.05. The van der Waals surface area contributed by atoms with Crippen LogP contribution in [0.3, 0.4) is 0 Å². The van der Waals surface area contributed by atoms with Crippen molar-refractivity contribution in [2.45, 2.75) is 96.9 Å². The molecule has 2 aliphatic rings. The zero-order valence-corrected chi connectivity index (χ0v) is 21.6. The van der Waals surface area contributed by atoms with Gasteiger partial charge in [0.2, 0.25) is 5.91 Å². The van der Waals surface area contributed by atoms with Crippen LogP contribution in [0.15, 0.2) is 24.3 Å². The summed E-state index contributed by atoms with van der Waals surface area (Å²) in [5, 5.41) is 4.83. The summed E-state index contributed by atoms with van der Waals surface area (Å²) in [7, 11) is -0.0388. The number of carbonyl (C=O) groups excluding carboxylic acids is 1. The molecule has 7 nitrogen and oxygen atoms in total. The van der Waals surface area contributed by atoms with Gasteiger partial charge in [-0.3, -0.25) is 14.2 Å². The lowest BCUT2D eigenvalue weighted by molar-refractivity contribution is -0.169. The lowest BCUT2D eigenvalue weighted by atomic mass is 9.89. The Bertz CT molecular complexity index is 818. The molecule has 1 aromatic carbocycles. The van der Waals surface area contributed by atoms with Gasteiger partial charge in [0.15, 0.2) is 0 Å². The molecule has 3 atom stereocenters. The smallest absolute Gasteiger partial charge is 0.275 e. The number of amides is 1. The molecule has 1 N–H and O–H groups in total. The summed E-state index contributed by atoms with van der Waals surface area (Å²) in [6, 6.07) is 8.49. The van der Waals surface area contributed by atoms with Gasteiger partial charge < -0.3 is 0 Å². The van der Waals surface area contributed by atoms with E-state index >= 15 is 4.57 Å². The van der Waals surface area contributed by atoms with Crippen LogP contribution in [0.1, 0.15) is 77.0 Å². The highest BCUT2D eigenvalue weighted by Crippen LogP contribution is 2.64. The van der Waals surface area contributed by atoms with Crippen molar-refractivity contribution in [3.63, 3.8) is 0 Å².